The molecule has 4 aliphatic heterocycles. The Bertz CT molecular complexity index is 746. The van der Waals surface area contributed by atoms with Crippen LogP contribution >= 0.6 is 0 Å². The van der Waals surface area contributed by atoms with Gasteiger partial charge in [0.1, 0.15) is 73.6 Å². The quantitative estimate of drug-likeness (QED) is 0.131. The van der Waals surface area contributed by atoms with E-state index in [2.05, 4.69) is 0 Å². The van der Waals surface area contributed by atoms with E-state index in [9.17, 15) is 45.6 Å². The van der Waals surface area contributed by atoms with Crippen LogP contribution in [0.3, 0.4) is 0 Å². The molecule has 36 heavy (non-hydrogen) atoms. The first-order valence-corrected chi connectivity index (χ1v) is 11.7. The van der Waals surface area contributed by atoms with Crippen molar-refractivity contribution in [3.8, 4) is 0 Å². The average molecular weight is 527 g/mol. The largest absolute Gasteiger partial charge is 0.544 e. The minimum Gasteiger partial charge on any atom is -0.544 e. The third-order valence-corrected chi connectivity index (χ3v) is 6.86. The van der Waals surface area contributed by atoms with Crippen molar-refractivity contribution >= 4 is 5.97 Å². The van der Waals surface area contributed by atoms with Crippen molar-refractivity contribution in [1.82, 2.24) is 0 Å². The molecule has 0 bridgehead atoms. The van der Waals surface area contributed by atoms with Gasteiger partial charge in [0.05, 0.1) is 25.8 Å². The first-order chi connectivity index (χ1) is 17.2. The van der Waals surface area contributed by atoms with Crippen molar-refractivity contribution in [2.75, 3.05) is 26.4 Å². The van der Waals surface area contributed by atoms with Gasteiger partial charge in [0, 0.05) is 6.42 Å². The summed E-state index contributed by atoms with van der Waals surface area (Å²) in [7, 11) is 0. The molecule has 14 atom stereocenters. The second kappa shape index (κ2) is 11.7. The van der Waals surface area contributed by atoms with E-state index < -0.39 is 112 Å². The molecule has 0 saturated carbocycles. The van der Waals surface area contributed by atoms with Crippen LogP contribution in [0.1, 0.15) is 6.42 Å². The van der Waals surface area contributed by atoms with Gasteiger partial charge in [-0.15, -0.1) is 0 Å². The normalized spacial score (nSPS) is 49.2. The van der Waals surface area contributed by atoms with E-state index in [-0.39, 0.29) is 13.0 Å². The highest BCUT2D eigenvalue weighted by Crippen LogP contribution is 2.34. The van der Waals surface area contributed by atoms with Crippen molar-refractivity contribution in [3.05, 3.63) is 0 Å². The first kappa shape index (κ1) is 27.9. The molecule has 0 aromatic heterocycles. The third-order valence-electron chi connectivity index (χ3n) is 6.86. The van der Waals surface area contributed by atoms with Gasteiger partial charge < -0.3 is 79.4 Å². The number of nitrogens with two attached hydrogens (primary N) is 1. The van der Waals surface area contributed by atoms with Crippen LogP contribution in [0.15, 0.2) is 0 Å². The smallest absolute Gasteiger partial charge is 0.187 e. The summed E-state index contributed by atoms with van der Waals surface area (Å²) in [6.45, 7) is -1.56. The van der Waals surface area contributed by atoms with Crippen LogP contribution in [-0.2, 0) is 33.2 Å². The van der Waals surface area contributed by atoms with Gasteiger partial charge in [-0.05, 0) is 0 Å². The number of rotatable bonds is 10. The highest BCUT2D eigenvalue weighted by molar-refractivity contribution is 5.69. The number of quaternary nitrogens is 1. The third kappa shape index (κ3) is 5.52. The topological polar surface area (TPSA) is 254 Å². The molecule has 4 fully saturated rings. The number of carbonyl (C=O) groups excluding carboxylic acids is 1. The first-order valence-electron chi connectivity index (χ1n) is 11.7. The van der Waals surface area contributed by atoms with E-state index in [1.807, 2.05) is 0 Å². The van der Waals surface area contributed by atoms with Crippen LogP contribution in [0.4, 0.5) is 0 Å². The van der Waals surface area contributed by atoms with Crippen molar-refractivity contribution in [3.63, 3.8) is 0 Å². The molecule has 4 saturated heterocycles. The molecule has 9 N–H and O–H groups in total. The maximum Gasteiger partial charge on any atom is 0.187 e. The lowest BCUT2D eigenvalue weighted by Gasteiger charge is -2.30. The Hall–Kier alpha value is -1.09. The number of aliphatic hydroxyl groups excluding tert-OH is 7. The summed E-state index contributed by atoms with van der Waals surface area (Å²) in [5, 5.41) is 82.5. The van der Waals surface area contributed by atoms with Crippen molar-refractivity contribution in [2.45, 2.75) is 92.4 Å². The van der Waals surface area contributed by atoms with Gasteiger partial charge in [0.25, 0.3) is 0 Å². The molecule has 0 aliphatic carbocycles. The standard InChI is InChI=1S/C20H33NO15/c22-3-8-11(25)14(28)18(32-8)35-16-13(27)10(5-24)34-20(16)36-15-12(26)9(4-23)33-19(15)31-6-1-7(17(29)30)21-2-6/h6-16,18-28H,1-5H2,(H,29,30)/t6-,7-,8-,9-,10-,11-,12-,13-,14+,15+,16+,18+,19-,20+/m0/s1. The molecule has 0 amide bonds. The van der Waals surface area contributed by atoms with Crippen molar-refractivity contribution in [1.29, 1.82) is 0 Å². The maximum atomic E-state index is 11.1. The monoisotopic (exact) mass is 527 g/mol. The zero-order valence-electron chi connectivity index (χ0n) is 19.1. The molecule has 16 nitrogen and oxygen atoms in total. The molecular weight excluding hydrogens is 494 g/mol. The van der Waals surface area contributed by atoms with Crippen molar-refractivity contribution < 1.29 is 79.4 Å². The molecule has 208 valence electrons. The van der Waals surface area contributed by atoms with E-state index in [0.717, 1.165) is 0 Å². The van der Waals surface area contributed by atoms with Gasteiger partial charge in [0.15, 0.2) is 18.9 Å². The van der Waals surface area contributed by atoms with E-state index in [1.54, 1.807) is 0 Å². The lowest BCUT2D eigenvalue weighted by molar-refractivity contribution is -0.667. The zero-order valence-corrected chi connectivity index (χ0v) is 19.1. The fourth-order valence-electron chi connectivity index (χ4n) is 4.79. The molecule has 0 aromatic carbocycles. The number of aliphatic carboxylic acids is 1. The summed E-state index contributed by atoms with van der Waals surface area (Å²) in [6.07, 6.45) is -16.8. The van der Waals surface area contributed by atoms with Gasteiger partial charge in [-0.25, -0.2) is 0 Å². The summed E-state index contributed by atoms with van der Waals surface area (Å²) in [5.41, 5.74) is 0. The summed E-state index contributed by atoms with van der Waals surface area (Å²) in [5.74, 6) is -1.25. The molecular formula is C20H33NO15. The summed E-state index contributed by atoms with van der Waals surface area (Å²) in [6, 6.07) is -0.818. The Morgan fingerprint density at radius 1 is 0.750 bits per heavy atom. The van der Waals surface area contributed by atoms with Gasteiger partial charge in [0.2, 0.25) is 0 Å². The van der Waals surface area contributed by atoms with E-state index in [4.69, 9.17) is 28.4 Å². The number of carboxylic acids is 1. The number of aliphatic hydroxyl groups is 7. The SMILES string of the molecule is O=C([O-])[C@@H]1C[C@H](O[C@H]2O[C@@H](CO)[C@H](O)[C@H]2O[C@H]2O[C@@H](CO)[C@H](O)[C@H]2O[C@H]2O[C@@H](CO)[C@H](O)[C@H]2O)C[NH2+]1. The van der Waals surface area contributed by atoms with Crippen molar-refractivity contribution in [2.24, 2.45) is 0 Å². The van der Waals surface area contributed by atoms with Gasteiger partial charge in [-0.2, -0.15) is 0 Å². The summed E-state index contributed by atoms with van der Waals surface area (Å²) >= 11 is 0. The maximum absolute atomic E-state index is 11.1. The fraction of sp³-hybridized carbons (Fsp3) is 0.950. The molecule has 0 radical (unpaired) electrons. The lowest BCUT2D eigenvalue weighted by atomic mass is 10.1. The van der Waals surface area contributed by atoms with Crippen LogP contribution in [0.25, 0.3) is 0 Å². The van der Waals surface area contributed by atoms with Crippen LogP contribution in [0.5, 0.6) is 0 Å². The predicted octanol–water partition coefficient (Wildman–Crippen LogP) is -8.18. The Balaban J connectivity index is 1.46. The van der Waals surface area contributed by atoms with Crippen LogP contribution in [0.2, 0.25) is 0 Å². The highest BCUT2D eigenvalue weighted by Gasteiger charge is 2.54. The molecule has 4 aliphatic rings. The molecule has 16 heteroatoms. The van der Waals surface area contributed by atoms with Crippen LogP contribution in [-0.4, -0.2) is 154 Å². The van der Waals surface area contributed by atoms with Gasteiger partial charge >= 0.3 is 0 Å². The Labute approximate surface area is 204 Å². The zero-order chi connectivity index (χ0) is 26.1. The molecule has 4 rings (SSSR count). The minimum atomic E-state index is -1.58. The van der Waals surface area contributed by atoms with E-state index in [1.165, 1.54) is 5.32 Å². The summed E-state index contributed by atoms with van der Waals surface area (Å²) in [4.78, 5) is 11.1. The second-order valence-electron chi connectivity index (χ2n) is 9.23. The minimum absolute atomic E-state index is 0.108. The Morgan fingerprint density at radius 3 is 1.69 bits per heavy atom. The molecule has 0 aromatic rings. The molecule has 0 spiro atoms. The van der Waals surface area contributed by atoms with Gasteiger partial charge in [-0.1, -0.05) is 0 Å². The number of hydrogen-bond acceptors (Lipinski definition) is 15. The van der Waals surface area contributed by atoms with E-state index >= 15 is 0 Å². The lowest BCUT2D eigenvalue weighted by Crippen LogP contribution is -2.90. The summed E-state index contributed by atoms with van der Waals surface area (Å²) < 4.78 is 33.6. The average Bonchev–Trinajstić information content (AvgIpc) is 3.59. The van der Waals surface area contributed by atoms with Crippen LogP contribution in [0, 0.1) is 0 Å². The number of ether oxygens (including phenoxy) is 6. The molecule has 4 heterocycles. The number of carbonyl (C=O) groups is 1. The van der Waals surface area contributed by atoms with Crippen LogP contribution < -0.4 is 10.4 Å². The highest BCUT2D eigenvalue weighted by atomic mass is 16.8. The Kier molecular flexibility index (Phi) is 9.12. The fourth-order valence-corrected chi connectivity index (χ4v) is 4.79. The van der Waals surface area contributed by atoms with E-state index in [0.29, 0.717) is 0 Å². The Morgan fingerprint density at radius 2 is 1.22 bits per heavy atom. The molecule has 0 unspecified atom stereocenters. The number of carboxylic acid groups (broad SMARTS) is 1. The predicted molar refractivity (Wildman–Crippen MR) is 106 cm³/mol. The number of hydrogen-bond donors (Lipinski definition) is 8. The second-order valence-corrected chi connectivity index (χ2v) is 9.23. The van der Waals surface area contributed by atoms with Gasteiger partial charge in [-0.3, -0.25) is 0 Å².